The fourth-order valence-corrected chi connectivity index (χ4v) is 2.33. The lowest BCUT2D eigenvalue weighted by Crippen LogP contribution is -2.43. The maximum Gasteiger partial charge on any atom is 0.401 e. The number of nitriles is 1. The van der Waals surface area contributed by atoms with Crippen molar-refractivity contribution in [1.82, 2.24) is 10.2 Å². The highest BCUT2D eigenvalue weighted by molar-refractivity contribution is 5.07. The van der Waals surface area contributed by atoms with E-state index in [1.54, 1.807) is 0 Å². The highest BCUT2D eigenvalue weighted by Gasteiger charge is 2.33. The highest BCUT2D eigenvalue weighted by atomic mass is 19.4. The van der Waals surface area contributed by atoms with Gasteiger partial charge < -0.3 is 0 Å². The number of rotatable bonds is 9. The normalized spacial score (nSPS) is 18.9. The second-order valence-corrected chi connectivity index (χ2v) is 5.86. The summed E-state index contributed by atoms with van der Waals surface area (Å²) in [6.45, 7) is 3.67. The van der Waals surface area contributed by atoms with Crippen LogP contribution in [0.4, 0.5) is 13.2 Å². The number of alkyl halides is 3. The summed E-state index contributed by atoms with van der Waals surface area (Å²) >= 11 is 0. The van der Waals surface area contributed by atoms with Crippen molar-refractivity contribution in [2.75, 3.05) is 19.6 Å². The van der Waals surface area contributed by atoms with Crippen LogP contribution in [0.25, 0.3) is 0 Å². The van der Waals surface area contributed by atoms with E-state index in [1.165, 1.54) is 4.90 Å². The number of halogens is 3. The standard InChI is InChI=1S/C14H24F3N3/c1-3-8-20(11-14(15,16)17)9-4-7-13(2,10-18)19-12-5-6-12/h12,19H,3-9,11H2,1-2H3. The predicted octanol–water partition coefficient (Wildman–Crippen LogP) is 3.08. The van der Waals surface area contributed by atoms with E-state index in [4.69, 9.17) is 0 Å². The minimum atomic E-state index is -4.15. The van der Waals surface area contributed by atoms with Crippen LogP contribution in [-0.2, 0) is 0 Å². The molecule has 1 rings (SSSR count). The zero-order chi connectivity index (χ0) is 15.2. The number of nitrogens with zero attached hydrogens (tertiary/aromatic N) is 2. The molecule has 1 aliphatic carbocycles. The van der Waals surface area contributed by atoms with Crippen molar-refractivity contribution in [3.63, 3.8) is 0 Å². The first-order valence-corrected chi connectivity index (χ1v) is 7.26. The molecule has 0 aromatic carbocycles. The summed E-state index contributed by atoms with van der Waals surface area (Å²) in [5.41, 5.74) is -0.614. The van der Waals surface area contributed by atoms with Crippen LogP contribution >= 0.6 is 0 Å². The lowest BCUT2D eigenvalue weighted by atomic mass is 9.97. The van der Waals surface area contributed by atoms with E-state index in [-0.39, 0.29) is 0 Å². The number of nitrogens with one attached hydrogen (secondary N) is 1. The Hall–Kier alpha value is -0.800. The molecule has 6 heteroatoms. The van der Waals surface area contributed by atoms with Gasteiger partial charge >= 0.3 is 6.18 Å². The third-order valence-electron chi connectivity index (χ3n) is 3.44. The summed E-state index contributed by atoms with van der Waals surface area (Å²) in [6.07, 6.45) is -0.0928. The Balaban J connectivity index is 2.36. The molecule has 1 fully saturated rings. The third kappa shape index (κ3) is 7.11. The lowest BCUT2D eigenvalue weighted by molar-refractivity contribution is -0.146. The first kappa shape index (κ1) is 17.3. The summed E-state index contributed by atoms with van der Waals surface area (Å²) in [4.78, 5) is 1.43. The molecule has 1 saturated carbocycles. The average Bonchev–Trinajstić information content (AvgIpc) is 3.11. The van der Waals surface area contributed by atoms with Crippen molar-refractivity contribution < 1.29 is 13.2 Å². The lowest BCUT2D eigenvalue weighted by Gasteiger charge is -2.26. The molecule has 0 spiro atoms. The molecule has 0 aliphatic heterocycles. The van der Waals surface area contributed by atoms with Crippen LogP contribution in [0.2, 0.25) is 0 Å². The maximum atomic E-state index is 12.4. The third-order valence-corrected chi connectivity index (χ3v) is 3.44. The van der Waals surface area contributed by atoms with E-state index >= 15 is 0 Å². The maximum absolute atomic E-state index is 12.4. The molecule has 1 aliphatic rings. The van der Waals surface area contributed by atoms with Gasteiger partial charge in [-0.05, 0) is 52.1 Å². The van der Waals surface area contributed by atoms with E-state index < -0.39 is 18.3 Å². The molecule has 1 unspecified atom stereocenters. The fraction of sp³-hybridized carbons (Fsp3) is 0.929. The number of hydrogen-bond acceptors (Lipinski definition) is 3. The molecule has 0 aromatic heterocycles. The van der Waals surface area contributed by atoms with Crippen molar-refractivity contribution in [1.29, 1.82) is 5.26 Å². The molecule has 0 saturated heterocycles. The van der Waals surface area contributed by atoms with Gasteiger partial charge in [0.1, 0.15) is 5.54 Å². The smallest absolute Gasteiger partial charge is 0.297 e. The molecule has 0 radical (unpaired) electrons. The first-order valence-electron chi connectivity index (χ1n) is 7.26. The predicted molar refractivity (Wildman–Crippen MR) is 72.2 cm³/mol. The van der Waals surface area contributed by atoms with Crippen LogP contribution in [0, 0.1) is 11.3 Å². The molecule has 20 heavy (non-hydrogen) atoms. The molecule has 1 atom stereocenters. The first-order chi connectivity index (χ1) is 9.28. The fourth-order valence-electron chi connectivity index (χ4n) is 2.33. The topological polar surface area (TPSA) is 39.1 Å². The van der Waals surface area contributed by atoms with Gasteiger partial charge in [0, 0.05) is 6.04 Å². The second-order valence-electron chi connectivity index (χ2n) is 5.86. The quantitative estimate of drug-likeness (QED) is 0.709. The second kappa shape index (κ2) is 7.28. The monoisotopic (exact) mass is 291 g/mol. The Labute approximate surface area is 119 Å². The molecule has 0 aromatic rings. The summed E-state index contributed by atoms with van der Waals surface area (Å²) in [5.74, 6) is 0. The van der Waals surface area contributed by atoms with Crippen LogP contribution in [0.5, 0.6) is 0 Å². The van der Waals surface area contributed by atoms with Crippen LogP contribution in [0.1, 0.15) is 46.0 Å². The van der Waals surface area contributed by atoms with Gasteiger partial charge in [-0.2, -0.15) is 18.4 Å². The van der Waals surface area contributed by atoms with Gasteiger partial charge in [0.25, 0.3) is 0 Å². The molecular weight excluding hydrogens is 267 g/mol. The molecule has 0 amide bonds. The average molecular weight is 291 g/mol. The molecule has 3 nitrogen and oxygen atoms in total. The Morgan fingerprint density at radius 2 is 1.95 bits per heavy atom. The Kier molecular flexibility index (Phi) is 6.28. The van der Waals surface area contributed by atoms with Crippen molar-refractivity contribution in [3.05, 3.63) is 0 Å². The Morgan fingerprint density at radius 3 is 2.40 bits per heavy atom. The van der Waals surface area contributed by atoms with Crippen molar-refractivity contribution in [2.45, 2.75) is 63.7 Å². The van der Waals surface area contributed by atoms with E-state index in [9.17, 15) is 18.4 Å². The Morgan fingerprint density at radius 1 is 1.30 bits per heavy atom. The summed E-state index contributed by atoms with van der Waals surface area (Å²) in [6, 6.07) is 2.67. The van der Waals surface area contributed by atoms with Crippen LogP contribution in [0.15, 0.2) is 0 Å². The van der Waals surface area contributed by atoms with Gasteiger partial charge in [0.15, 0.2) is 0 Å². The zero-order valence-corrected chi connectivity index (χ0v) is 12.3. The molecule has 116 valence electrons. The highest BCUT2D eigenvalue weighted by Crippen LogP contribution is 2.24. The van der Waals surface area contributed by atoms with Gasteiger partial charge in [0.2, 0.25) is 0 Å². The van der Waals surface area contributed by atoms with Gasteiger partial charge in [-0.3, -0.25) is 10.2 Å². The molecular formula is C14H24F3N3. The zero-order valence-electron chi connectivity index (χ0n) is 12.3. The van der Waals surface area contributed by atoms with Crippen LogP contribution in [-0.4, -0.2) is 42.3 Å². The minimum Gasteiger partial charge on any atom is -0.297 e. The summed E-state index contributed by atoms with van der Waals surface area (Å²) < 4.78 is 37.3. The molecule has 0 heterocycles. The van der Waals surface area contributed by atoms with Crippen LogP contribution in [0.3, 0.4) is 0 Å². The van der Waals surface area contributed by atoms with Gasteiger partial charge in [0.05, 0.1) is 12.6 Å². The largest absolute Gasteiger partial charge is 0.401 e. The summed E-state index contributed by atoms with van der Waals surface area (Å²) in [7, 11) is 0. The summed E-state index contributed by atoms with van der Waals surface area (Å²) in [5, 5.41) is 12.5. The SMILES string of the molecule is CCCN(CCCC(C)(C#N)NC1CC1)CC(F)(F)F. The van der Waals surface area contributed by atoms with E-state index in [0.29, 0.717) is 38.4 Å². The van der Waals surface area contributed by atoms with Crippen molar-refractivity contribution in [2.24, 2.45) is 0 Å². The number of hydrogen-bond donors (Lipinski definition) is 1. The van der Waals surface area contributed by atoms with Crippen molar-refractivity contribution >= 4 is 0 Å². The van der Waals surface area contributed by atoms with Crippen molar-refractivity contribution in [3.8, 4) is 6.07 Å². The van der Waals surface area contributed by atoms with Crippen LogP contribution < -0.4 is 5.32 Å². The van der Waals surface area contributed by atoms with E-state index in [2.05, 4.69) is 11.4 Å². The van der Waals surface area contributed by atoms with Gasteiger partial charge in [-0.1, -0.05) is 6.92 Å². The van der Waals surface area contributed by atoms with E-state index in [0.717, 1.165) is 12.8 Å². The molecule has 1 N–H and O–H groups in total. The Bertz CT molecular complexity index is 334. The van der Waals surface area contributed by atoms with E-state index in [1.807, 2.05) is 13.8 Å². The van der Waals surface area contributed by atoms with Gasteiger partial charge in [-0.15, -0.1) is 0 Å². The molecule has 0 bridgehead atoms. The minimum absolute atomic E-state index is 0.386. The van der Waals surface area contributed by atoms with Gasteiger partial charge in [-0.25, -0.2) is 0 Å².